The van der Waals surface area contributed by atoms with Crippen LogP contribution in [0, 0.1) is 18.8 Å². The van der Waals surface area contributed by atoms with E-state index in [1.165, 1.54) is 4.70 Å². The Labute approximate surface area is 149 Å². The number of thiazole rings is 1. The summed E-state index contributed by atoms with van der Waals surface area (Å²) < 4.78 is 7.32. The number of benzene rings is 2. The minimum Gasteiger partial charge on any atom is -0.449 e. The molecule has 0 N–H and O–H groups in total. The van der Waals surface area contributed by atoms with E-state index in [1.54, 1.807) is 35.2 Å². The first-order chi connectivity index (χ1) is 11.7. The third-order valence-electron chi connectivity index (χ3n) is 3.23. The number of carbonyl (C=O) groups is 1. The molecule has 120 valence electrons. The van der Waals surface area contributed by atoms with E-state index in [4.69, 9.17) is 4.74 Å². The van der Waals surface area contributed by atoms with Crippen molar-refractivity contribution in [2.75, 3.05) is 12.4 Å². The second-order valence-electron chi connectivity index (χ2n) is 5.03. The van der Waals surface area contributed by atoms with Crippen molar-refractivity contribution in [3.63, 3.8) is 0 Å². The molecule has 0 aliphatic rings. The first-order valence-corrected chi connectivity index (χ1v) is 9.20. The van der Waals surface area contributed by atoms with Gasteiger partial charge in [0.15, 0.2) is 10.9 Å². The minimum absolute atomic E-state index is 0.104. The highest BCUT2D eigenvalue weighted by Gasteiger charge is 2.05. The number of hydrogen-bond donors (Lipinski definition) is 0. The molecule has 0 spiro atoms. The van der Waals surface area contributed by atoms with Gasteiger partial charge in [-0.25, -0.2) is 9.78 Å². The van der Waals surface area contributed by atoms with Gasteiger partial charge in [-0.2, -0.15) is 0 Å². The van der Waals surface area contributed by atoms with E-state index in [1.807, 2.05) is 37.3 Å². The van der Waals surface area contributed by atoms with Crippen LogP contribution in [-0.2, 0) is 4.74 Å². The Morgan fingerprint density at radius 2 is 1.96 bits per heavy atom. The first-order valence-electron chi connectivity index (χ1n) is 7.40. The number of aromatic nitrogens is 1. The normalized spacial score (nSPS) is 10.2. The molecule has 2 aromatic carbocycles. The van der Waals surface area contributed by atoms with Crippen molar-refractivity contribution in [3.8, 4) is 11.8 Å². The number of rotatable bonds is 4. The highest BCUT2D eigenvalue weighted by atomic mass is 32.2. The molecule has 0 radical (unpaired) electrons. The van der Waals surface area contributed by atoms with Crippen LogP contribution in [0.15, 0.2) is 52.9 Å². The zero-order valence-corrected chi connectivity index (χ0v) is 14.7. The molecule has 0 aliphatic carbocycles. The smallest absolute Gasteiger partial charge is 0.339 e. The zero-order chi connectivity index (χ0) is 16.8. The fraction of sp³-hybridized carbons (Fsp3) is 0.158. The van der Waals surface area contributed by atoms with Crippen molar-refractivity contribution in [3.05, 3.63) is 59.7 Å². The van der Waals surface area contributed by atoms with Crippen LogP contribution in [0.1, 0.15) is 15.9 Å². The van der Waals surface area contributed by atoms with Crippen LogP contribution < -0.4 is 0 Å². The van der Waals surface area contributed by atoms with Crippen LogP contribution in [0.5, 0.6) is 0 Å². The van der Waals surface area contributed by atoms with Gasteiger partial charge in [0, 0.05) is 0 Å². The van der Waals surface area contributed by atoms with Gasteiger partial charge in [0.25, 0.3) is 0 Å². The first kappa shape index (κ1) is 16.6. The van der Waals surface area contributed by atoms with Crippen molar-refractivity contribution in [2.24, 2.45) is 0 Å². The number of fused-ring (bicyclic) bond motifs is 1. The predicted molar refractivity (Wildman–Crippen MR) is 99.6 cm³/mol. The Kier molecular flexibility index (Phi) is 5.52. The molecule has 0 amide bonds. The molecule has 3 aromatic rings. The summed E-state index contributed by atoms with van der Waals surface area (Å²) in [5.74, 6) is 6.14. The summed E-state index contributed by atoms with van der Waals surface area (Å²) in [5.41, 5.74) is 2.68. The summed E-state index contributed by atoms with van der Waals surface area (Å²) in [6, 6.07) is 15.4. The zero-order valence-electron chi connectivity index (χ0n) is 13.1. The van der Waals surface area contributed by atoms with E-state index < -0.39 is 0 Å². The van der Waals surface area contributed by atoms with Crippen LogP contribution in [0.4, 0.5) is 0 Å². The maximum atomic E-state index is 11.8. The van der Waals surface area contributed by atoms with Gasteiger partial charge < -0.3 is 4.74 Å². The molecule has 0 bridgehead atoms. The van der Waals surface area contributed by atoms with E-state index in [2.05, 4.69) is 22.9 Å². The Balaban J connectivity index is 1.44. The van der Waals surface area contributed by atoms with Crippen molar-refractivity contribution in [1.29, 1.82) is 0 Å². The highest BCUT2D eigenvalue weighted by Crippen LogP contribution is 2.28. The number of aryl methyl sites for hydroxylation is 1. The maximum absolute atomic E-state index is 11.8. The van der Waals surface area contributed by atoms with E-state index in [-0.39, 0.29) is 12.6 Å². The average Bonchev–Trinajstić information content (AvgIpc) is 3.01. The molecule has 0 atom stereocenters. The SMILES string of the molecule is Cc1ccc(C(=O)OCC#CCSc2nc3ccccc3s2)cc1. The molecular weight excluding hydrogens is 338 g/mol. The predicted octanol–water partition coefficient (Wildman–Crippen LogP) is 4.56. The summed E-state index contributed by atoms with van der Waals surface area (Å²) in [5, 5.41) is 0. The molecule has 0 aliphatic heterocycles. The monoisotopic (exact) mass is 353 g/mol. The third-order valence-corrected chi connectivity index (χ3v) is 5.29. The summed E-state index contributed by atoms with van der Waals surface area (Å²) >= 11 is 3.26. The van der Waals surface area contributed by atoms with Crippen molar-refractivity contribution < 1.29 is 9.53 Å². The molecule has 3 nitrogen and oxygen atoms in total. The molecule has 0 saturated heterocycles. The van der Waals surface area contributed by atoms with Crippen LogP contribution in [0.2, 0.25) is 0 Å². The number of para-hydroxylation sites is 1. The minimum atomic E-state index is -0.344. The molecule has 0 unspecified atom stereocenters. The van der Waals surface area contributed by atoms with Crippen LogP contribution >= 0.6 is 23.1 Å². The molecule has 1 aromatic heterocycles. The summed E-state index contributed by atoms with van der Waals surface area (Å²) in [6.07, 6.45) is 0. The number of hydrogen-bond acceptors (Lipinski definition) is 5. The van der Waals surface area contributed by atoms with Gasteiger partial charge in [0.1, 0.15) is 0 Å². The van der Waals surface area contributed by atoms with Gasteiger partial charge in [-0.15, -0.1) is 11.3 Å². The Morgan fingerprint density at radius 3 is 2.75 bits per heavy atom. The number of nitrogens with zero attached hydrogens (tertiary/aromatic N) is 1. The lowest BCUT2D eigenvalue weighted by Gasteiger charge is -2.00. The molecule has 3 rings (SSSR count). The van der Waals surface area contributed by atoms with Crippen LogP contribution in [-0.4, -0.2) is 23.3 Å². The number of esters is 1. The van der Waals surface area contributed by atoms with E-state index in [9.17, 15) is 4.79 Å². The Morgan fingerprint density at radius 1 is 1.17 bits per heavy atom. The third kappa shape index (κ3) is 4.38. The topological polar surface area (TPSA) is 39.2 Å². The lowest BCUT2D eigenvalue weighted by atomic mass is 10.1. The molecule has 0 saturated carbocycles. The lowest BCUT2D eigenvalue weighted by Crippen LogP contribution is -2.05. The standard InChI is InChI=1S/C19H15NO2S2/c1-14-8-10-15(11-9-14)18(21)22-12-4-5-13-23-19-20-16-6-2-3-7-17(16)24-19/h2-3,6-11H,12-13H2,1H3. The second-order valence-corrected chi connectivity index (χ2v) is 7.29. The van der Waals surface area contributed by atoms with Crippen LogP contribution in [0.3, 0.4) is 0 Å². The lowest BCUT2D eigenvalue weighted by molar-refractivity contribution is 0.0556. The van der Waals surface area contributed by atoms with Gasteiger partial charge >= 0.3 is 5.97 Å². The van der Waals surface area contributed by atoms with Gasteiger partial charge in [0.2, 0.25) is 0 Å². The van der Waals surface area contributed by atoms with Gasteiger partial charge in [-0.05, 0) is 31.2 Å². The van der Waals surface area contributed by atoms with E-state index >= 15 is 0 Å². The Hall–Kier alpha value is -2.29. The number of ether oxygens (including phenoxy) is 1. The molecule has 1 heterocycles. The molecule has 0 fully saturated rings. The maximum Gasteiger partial charge on any atom is 0.339 e. The Bertz CT molecular complexity index is 871. The summed E-state index contributed by atoms with van der Waals surface area (Å²) in [6.45, 7) is 2.08. The van der Waals surface area contributed by atoms with Gasteiger partial charge in [0.05, 0.1) is 21.5 Å². The quantitative estimate of drug-likeness (QED) is 0.392. The molecular formula is C19H15NO2S2. The van der Waals surface area contributed by atoms with Crippen molar-refractivity contribution in [2.45, 2.75) is 11.3 Å². The second kappa shape index (κ2) is 8.00. The molecule has 5 heteroatoms. The van der Waals surface area contributed by atoms with E-state index in [0.29, 0.717) is 11.3 Å². The average molecular weight is 353 g/mol. The number of thioether (sulfide) groups is 1. The van der Waals surface area contributed by atoms with Crippen molar-refractivity contribution >= 4 is 39.3 Å². The van der Waals surface area contributed by atoms with Crippen LogP contribution in [0.25, 0.3) is 10.2 Å². The highest BCUT2D eigenvalue weighted by molar-refractivity contribution is 8.01. The largest absolute Gasteiger partial charge is 0.449 e. The van der Waals surface area contributed by atoms with E-state index in [0.717, 1.165) is 15.4 Å². The fourth-order valence-electron chi connectivity index (χ4n) is 1.99. The van der Waals surface area contributed by atoms with Crippen molar-refractivity contribution in [1.82, 2.24) is 4.98 Å². The summed E-state index contributed by atoms with van der Waals surface area (Å²) in [4.78, 5) is 16.3. The van der Waals surface area contributed by atoms with Gasteiger partial charge in [-0.1, -0.05) is 53.4 Å². The molecule has 24 heavy (non-hydrogen) atoms. The fourth-order valence-corrected chi connectivity index (χ4v) is 3.83. The summed E-state index contributed by atoms with van der Waals surface area (Å²) in [7, 11) is 0. The van der Waals surface area contributed by atoms with Gasteiger partial charge in [-0.3, -0.25) is 0 Å². The number of carbonyl (C=O) groups excluding carboxylic acids is 1.